The van der Waals surface area contributed by atoms with Crippen molar-refractivity contribution in [2.45, 2.75) is 39.3 Å². The van der Waals surface area contributed by atoms with Gasteiger partial charge in [0, 0.05) is 49.0 Å². The van der Waals surface area contributed by atoms with Crippen molar-refractivity contribution in [3.05, 3.63) is 102 Å². The maximum atomic E-state index is 12.2. The maximum Gasteiger partial charge on any atom is 0.220 e. The molecule has 0 radical (unpaired) electrons. The van der Waals surface area contributed by atoms with E-state index in [0.717, 1.165) is 24.9 Å². The second-order valence-corrected chi connectivity index (χ2v) is 7.77. The van der Waals surface area contributed by atoms with Gasteiger partial charge in [-0.3, -0.25) is 9.78 Å². The van der Waals surface area contributed by atoms with E-state index in [0.29, 0.717) is 13.0 Å². The predicted molar refractivity (Wildman–Crippen MR) is 121 cm³/mol. The molecule has 1 N–H and O–H groups in total. The minimum absolute atomic E-state index is 0.0929. The highest BCUT2D eigenvalue weighted by Crippen LogP contribution is 2.24. The van der Waals surface area contributed by atoms with Gasteiger partial charge in [0.2, 0.25) is 5.91 Å². The molecule has 4 nitrogen and oxygen atoms in total. The van der Waals surface area contributed by atoms with Crippen LogP contribution >= 0.6 is 0 Å². The van der Waals surface area contributed by atoms with E-state index in [4.69, 9.17) is 0 Å². The van der Waals surface area contributed by atoms with Crippen LogP contribution in [0, 0.1) is 6.92 Å². The van der Waals surface area contributed by atoms with Gasteiger partial charge in [0.05, 0.1) is 0 Å². The number of nitrogens with one attached hydrogen (secondary N) is 1. The summed E-state index contributed by atoms with van der Waals surface area (Å²) in [4.78, 5) is 16.2. The number of fused-ring (bicyclic) bond motifs is 1. The molecule has 0 atom stereocenters. The Hall–Kier alpha value is -3.40. The second-order valence-electron chi connectivity index (χ2n) is 7.77. The standard InChI is InChI=1S/C26H27N3O/c1-20-6-4-7-22(16-20)18-29-19-23(24-9-2-3-10-25(24)29)8-5-11-26(30)28-17-21-12-14-27-15-13-21/h2-4,6-7,9-10,12-16,19H,5,8,11,17-18H2,1H3,(H,28,30). The van der Waals surface area contributed by atoms with Crippen LogP contribution < -0.4 is 5.32 Å². The van der Waals surface area contributed by atoms with Gasteiger partial charge >= 0.3 is 0 Å². The lowest BCUT2D eigenvalue weighted by Gasteiger charge is -2.06. The molecule has 0 saturated carbocycles. The lowest BCUT2D eigenvalue weighted by atomic mass is 10.1. The Kier molecular flexibility index (Phi) is 6.23. The number of pyridine rings is 1. The average molecular weight is 398 g/mol. The number of rotatable bonds is 8. The van der Waals surface area contributed by atoms with Crippen LogP contribution in [-0.4, -0.2) is 15.5 Å². The summed E-state index contributed by atoms with van der Waals surface area (Å²) in [5, 5.41) is 4.27. The van der Waals surface area contributed by atoms with E-state index < -0.39 is 0 Å². The largest absolute Gasteiger partial charge is 0.352 e. The SMILES string of the molecule is Cc1cccc(Cn2cc(CCCC(=O)NCc3ccncc3)c3ccccc32)c1. The number of benzene rings is 2. The first kappa shape index (κ1) is 19.9. The highest BCUT2D eigenvalue weighted by Gasteiger charge is 2.10. The molecule has 2 aromatic heterocycles. The van der Waals surface area contributed by atoms with Crippen molar-refractivity contribution in [1.29, 1.82) is 0 Å². The van der Waals surface area contributed by atoms with Gasteiger partial charge < -0.3 is 9.88 Å². The Balaban J connectivity index is 1.38. The van der Waals surface area contributed by atoms with E-state index in [2.05, 4.69) is 76.5 Å². The Morgan fingerprint density at radius 1 is 1.00 bits per heavy atom. The van der Waals surface area contributed by atoms with Crippen molar-refractivity contribution in [2.24, 2.45) is 0 Å². The predicted octanol–water partition coefficient (Wildman–Crippen LogP) is 5.03. The lowest BCUT2D eigenvalue weighted by Crippen LogP contribution is -2.22. The molecule has 0 aliphatic carbocycles. The summed E-state index contributed by atoms with van der Waals surface area (Å²) in [6.45, 7) is 3.54. The first-order valence-electron chi connectivity index (χ1n) is 10.5. The Labute approximate surface area is 177 Å². The summed E-state index contributed by atoms with van der Waals surface area (Å²) in [5.41, 5.74) is 6.20. The van der Waals surface area contributed by atoms with Crippen LogP contribution in [0.15, 0.2) is 79.3 Å². The van der Waals surface area contributed by atoms with Crippen molar-refractivity contribution in [3.8, 4) is 0 Å². The molecule has 152 valence electrons. The zero-order valence-electron chi connectivity index (χ0n) is 17.3. The van der Waals surface area contributed by atoms with Gasteiger partial charge in [-0.15, -0.1) is 0 Å². The third-order valence-electron chi connectivity index (χ3n) is 5.40. The highest BCUT2D eigenvalue weighted by molar-refractivity contribution is 5.84. The molecule has 0 aliphatic heterocycles. The molecule has 4 heteroatoms. The van der Waals surface area contributed by atoms with Crippen LogP contribution in [0.1, 0.15) is 35.1 Å². The van der Waals surface area contributed by atoms with E-state index in [-0.39, 0.29) is 5.91 Å². The molecule has 4 rings (SSSR count). The zero-order valence-corrected chi connectivity index (χ0v) is 17.3. The fraction of sp³-hybridized carbons (Fsp3) is 0.231. The van der Waals surface area contributed by atoms with E-state index in [1.54, 1.807) is 12.4 Å². The quantitative estimate of drug-likeness (QED) is 0.453. The van der Waals surface area contributed by atoms with Crippen molar-refractivity contribution in [1.82, 2.24) is 14.9 Å². The molecule has 2 heterocycles. The molecule has 0 aliphatic rings. The molecule has 0 saturated heterocycles. The summed E-state index contributed by atoms with van der Waals surface area (Å²) in [6, 6.07) is 21.0. The number of aromatic nitrogens is 2. The van der Waals surface area contributed by atoms with Crippen LogP contribution in [0.3, 0.4) is 0 Å². The van der Waals surface area contributed by atoms with E-state index in [9.17, 15) is 4.79 Å². The number of hydrogen-bond donors (Lipinski definition) is 1. The number of amides is 1. The third kappa shape index (κ3) is 4.95. The molecular weight excluding hydrogens is 370 g/mol. The Morgan fingerprint density at radius 2 is 1.83 bits per heavy atom. The minimum Gasteiger partial charge on any atom is -0.352 e. The molecule has 4 aromatic rings. The molecule has 1 amide bonds. The molecule has 2 aromatic carbocycles. The van der Waals surface area contributed by atoms with Crippen molar-refractivity contribution in [3.63, 3.8) is 0 Å². The minimum atomic E-state index is 0.0929. The maximum absolute atomic E-state index is 12.2. The van der Waals surface area contributed by atoms with Crippen LogP contribution in [0.5, 0.6) is 0 Å². The van der Waals surface area contributed by atoms with E-state index >= 15 is 0 Å². The first-order chi connectivity index (χ1) is 14.7. The molecule has 0 fully saturated rings. The van der Waals surface area contributed by atoms with Gasteiger partial charge in [-0.2, -0.15) is 0 Å². The average Bonchev–Trinajstić information content (AvgIpc) is 3.11. The van der Waals surface area contributed by atoms with Crippen molar-refractivity contribution >= 4 is 16.8 Å². The molecule has 0 spiro atoms. The fourth-order valence-corrected chi connectivity index (χ4v) is 3.89. The van der Waals surface area contributed by atoms with Gasteiger partial charge in [0.15, 0.2) is 0 Å². The van der Waals surface area contributed by atoms with Gasteiger partial charge in [0.25, 0.3) is 0 Å². The molecular formula is C26H27N3O. The third-order valence-corrected chi connectivity index (χ3v) is 5.40. The Morgan fingerprint density at radius 3 is 2.67 bits per heavy atom. The highest BCUT2D eigenvalue weighted by atomic mass is 16.1. The molecule has 0 unspecified atom stereocenters. The summed E-state index contributed by atoms with van der Waals surface area (Å²) in [7, 11) is 0. The normalized spacial score (nSPS) is 11.0. The van der Waals surface area contributed by atoms with Gasteiger partial charge in [-0.25, -0.2) is 0 Å². The van der Waals surface area contributed by atoms with E-state index in [1.165, 1.54) is 27.6 Å². The summed E-state index contributed by atoms with van der Waals surface area (Å²) < 4.78 is 2.32. The van der Waals surface area contributed by atoms with Crippen LogP contribution in [0.2, 0.25) is 0 Å². The summed E-state index contributed by atoms with van der Waals surface area (Å²) in [5.74, 6) is 0.0929. The molecule has 0 bridgehead atoms. The number of carbonyl (C=O) groups excluding carboxylic acids is 1. The van der Waals surface area contributed by atoms with Crippen LogP contribution in [0.4, 0.5) is 0 Å². The number of nitrogens with zero attached hydrogens (tertiary/aromatic N) is 2. The fourth-order valence-electron chi connectivity index (χ4n) is 3.89. The van der Waals surface area contributed by atoms with Crippen molar-refractivity contribution in [2.75, 3.05) is 0 Å². The monoisotopic (exact) mass is 397 g/mol. The lowest BCUT2D eigenvalue weighted by molar-refractivity contribution is -0.121. The van der Waals surface area contributed by atoms with Crippen LogP contribution in [-0.2, 0) is 24.3 Å². The zero-order chi connectivity index (χ0) is 20.8. The Bertz CT molecular complexity index is 1130. The summed E-state index contributed by atoms with van der Waals surface area (Å²) in [6.07, 6.45) is 8.00. The van der Waals surface area contributed by atoms with Gasteiger partial charge in [-0.1, -0.05) is 48.0 Å². The van der Waals surface area contributed by atoms with Gasteiger partial charge in [0.1, 0.15) is 0 Å². The number of aryl methyl sites for hydroxylation is 2. The smallest absolute Gasteiger partial charge is 0.220 e. The summed E-state index contributed by atoms with van der Waals surface area (Å²) >= 11 is 0. The first-order valence-corrected chi connectivity index (χ1v) is 10.5. The van der Waals surface area contributed by atoms with Crippen molar-refractivity contribution < 1.29 is 4.79 Å². The van der Waals surface area contributed by atoms with Gasteiger partial charge in [-0.05, 0) is 54.7 Å². The number of para-hydroxylation sites is 1. The number of carbonyl (C=O) groups is 1. The van der Waals surface area contributed by atoms with E-state index in [1.807, 2.05) is 12.1 Å². The molecule has 30 heavy (non-hydrogen) atoms. The van der Waals surface area contributed by atoms with Crippen LogP contribution in [0.25, 0.3) is 10.9 Å². The second kappa shape index (κ2) is 9.40. The topological polar surface area (TPSA) is 46.9 Å². The number of hydrogen-bond acceptors (Lipinski definition) is 2.